The SMILES string of the molecule is CC.O=c1cccn[nH]1. The molecule has 0 aliphatic heterocycles. The maximum atomic E-state index is 10.2. The molecule has 0 saturated heterocycles. The maximum Gasteiger partial charge on any atom is 0.264 e. The van der Waals surface area contributed by atoms with E-state index in [9.17, 15) is 4.79 Å². The Kier molecular flexibility index (Phi) is 4.40. The lowest BCUT2D eigenvalue weighted by Gasteiger charge is -1.72. The van der Waals surface area contributed by atoms with E-state index in [0.717, 1.165) is 0 Å². The Balaban J connectivity index is 0.000000291. The van der Waals surface area contributed by atoms with Gasteiger partial charge in [-0.1, -0.05) is 13.8 Å². The first-order valence-electron chi connectivity index (χ1n) is 2.89. The molecule has 1 rings (SSSR count). The van der Waals surface area contributed by atoms with Crippen molar-refractivity contribution < 1.29 is 0 Å². The van der Waals surface area contributed by atoms with Gasteiger partial charge < -0.3 is 0 Å². The fraction of sp³-hybridized carbons (Fsp3) is 0.333. The van der Waals surface area contributed by atoms with Crippen LogP contribution in [0.4, 0.5) is 0 Å². The van der Waals surface area contributed by atoms with Gasteiger partial charge >= 0.3 is 0 Å². The van der Waals surface area contributed by atoms with Crippen LogP contribution in [0.1, 0.15) is 13.8 Å². The summed E-state index contributed by atoms with van der Waals surface area (Å²) in [6, 6.07) is 2.99. The number of hydrogen-bond donors (Lipinski definition) is 1. The zero-order valence-corrected chi connectivity index (χ0v) is 5.59. The second kappa shape index (κ2) is 5.03. The summed E-state index contributed by atoms with van der Waals surface area (Å²) in [6.07, 6.45) is 1.52. The highest BCUT2D eigenvalue weighted by atomic mass is 16.1. The highest BCUT2D eigenvalue weighted by Gasteiger charge is 1.70. The normalized spacial score (nSPS) is 7.33. The van der Waals surface area contributed by atoms with Gasteiger partial charge in [-0.05, 0) is 6.07 Å². The highest BCUT2D eigenvalue weighted by molar-refractivity contribution is 4.81. The minimum atomic E-state index is -0.164. The number of rotatable bonds is 0. The van der Waals surface area contributed by atoms with E-state index in [2.05, 4.69) is 10.2 Å². The number of aromatic nitrogens is 2. The molecule has 0 atom stereocenters. The molecule has 0 unspecified atom stereocenters. The third-order valence-corrected chi connectivity index (χ3v) is 0.583. The minimum Gasteiger partial charge on any atom is -0.268 e. The average Bonchev–Trinajstić information content (AvgIpc) is 1.94. The summed E-state index contributed by atoms with van der Waals surface area (Å²) in [5.41, 5.74) is -0.164. The molecule has 1 heterocycles. The van der Waals surface area contributed by atoms with Crippen molar-refractivity contribution in [1.29, 1.82) is 0 Å². The van der Waals surface area contributed by atoms with Crippen LogP contribution in [-0.4, -0.2) is 10.2 Å². The van der Waals surface area contributed by atoms with E-state index in [4.69, 9.17) is 0 Å². The Labute approximate surface area is 53.7 Å². The van der Waals surface area contributed by atoms with E-state index < -0.39 is 0 Å². The second-order valence-electron chi connectivity index (χ2n) is 1.11. The summed E-state index contributed by atoms with van der Waals surface area (Å²) < 4.78 is 0. The maximum absolute atomic E-state index is 10.2. The Hall–Kier alpha value is -1.12. The molecule has 1 aromatic rings. The third-order valence-electron chi connectivity index (χ3n) is 0.583. The third kappa shape index (κ3) is 3.46. The highest BCUT2D eigenvalue weighted by Crippen LogP contribution is 1.60. The van der Waals surface area contributed by atoms with Gasteiger partial charge in [-0.15, -0.1) is 0 Å². The molecule has 0 aliphatic carbocycles. The van der Waals surface area contributed by atoms with Crippen LogP contribution < -0.4 is 5.56 Å². The lowest BCUT2D eigenvalue weighted by Crippen LogP contribution is -2.02. The van der Waals surface area contributed by atoms with Crippen LogP contribution in [0, 0.1) is 0 Å². The summed E-state index contributed by atoms with van der Waals surface area (Å²) in [5.74, 6) is 0. The van der Waals surface area contributed by atoms with Gasteiger partial charge in [0.2, 0.25) is 0 Å². The molecule has 50 valence electrons. The van der Waals surface area contributed by atoms with Crippen LogP contribution >= 0.6 is 0 Å². The first-order valence-corrected chi connectivity index (χ1v) is 2.89. The molecule has 0 radical (unpaired) electrons. The van der Waals surface area contributed by atoms with Gasteiger partial charge in [-0.25, -0.2) is 5.10 Å². The van der Waals surface area contributed by atoms with Crippen LogP contribution in [0.25, 0.3) is 0 Å². The van der Waals surface area contributed by atoms with Crippen LogP contribution in [0.2, 0.25) is 0 Å². The zero-order valence-electron chi connectivity index (χ0n) is 5.59. The zero-order chi connectivity index (χ0) is 7.11. The van der Waals surface area contributed by atoms with Crippen molar-refractivity contribution >= 4 is 0 Å². The van der Waals surface area contributed by atoms with E-state index in [-0.39, 0.29) is 5.56 Å². The first kappa shape index (κ1) is 7.88. The number of aromatic amines is 1. The lowest BCUT2D eigenvalue weighted by atomic mass is 10.6. The van der Waals surface area contributed by atoms with E-state index in [1.54, 1.807) is 6.07 Å². The summed E-state index contributed by atoms with van der Waals surface area (Å²) in [4.78, 5) is 10.2. The van der Waals surface area contributed by atoms with Crippen molar-refractivity contribution in [2.24, 2.45) is 0 Å². The van der Waals surface area contributed by atoms with E-state index in [1.165, 1.54) is 12.3 Å². The summed E-state index contributed by atoms with van der Waals surface area (Å²) in [7, 11) is 0. The fourth-order valence-electron chi connectivity index (χ4n) is 0.312. The molecule has 0 amide bonds. The van der Waals surface area contributed by atoms with Gasteiger partial charge in [0.05, 0.1) is 0 Å². The molecule has 0 fully saturated rings. The molecule has 3 heteroatoms. The Bertz CT molecular complexity index is 177. The smallest absolute Gasteiger partial charge is 0.264 e. The van der Waals surface area contributed by atoms with Gasteiger partial charge in [0.25, 0.3) is 5.56 Å². The summed E-state index contributed by atoms with van der Waals surface area (Å²) >= 11 is 0. The molecule has 0 saturated carbocycles. The van der Waals surface area contributed by atoms with Gasteiger partial charge in [-0.2, -0.15) is 5.10 Å². The quantitative estimate of drug-likeness (QED) is 0.558. The van der Waals surface area contributed by atoms with Crippen molar-refractivity contribution in [3.05, 3.63) is 28.7 Å². The average molecular weight is 126 g/mol. The summed E-state index contributed by atoms with van der Waals surface area (Å²) in [6.45, 7) is 4.00. The predicted octanol–water partition coefficient (Wildman–Crippen LogP) is 0.796. The van der Waals surface area contributed by atoms with Crippen LogP contribution in [-0.2, 0) is 0 Å². The summed E-state index contributed by atoms with van der Waals surface area (Å²) in [5, 5.41) is 5.67. The van der Waals surface area contributed by atoms with Gasteiger partial charge in [0.1, 0.15) is 0 Å². The van der Waals surface area contributed by atoms with E-state index in [1.807, 2.05) is 13.8 Å². The topological polar surface area (TPSA) is 45.8 Å². The van der Waals surface area contributed by atoms with Gasteiger partial charge in [0.15, 0.2) is 0 Å². The van der Waals surface area contributed by atoms with Crippen LogP contribution in [0.3, 0.4) is 0 Å². The molecule has 1 aromatic heterocycles. The molecule has 0 aliphatic rings. The Morgan fingerprint density at radius 1 is 1.56 bits per heavy atom. The molecule has 0 bridgehead atoms. The lowest BCUT2D eigenvalue weighted by molar-refractivity contribution is 0.988. The van der Waals surface area contributed by atoms with Crippen LogP contribution in [0.5, 0.6) is 0 Å². The largest absolute Gasteiger partial charge is 0.268 e. The van der Waals surface area contributed by atoms with Crippen molar-refractivity contribution in [2.45, 2.75) is 13.8 Å². The molecule has 3 nitrogen and oxygen atoms in total. The second-order valence-corrected chi connectivity index (χ2v) is 1.11. The van der Waals surface area contributed by atoms with E-state index in [0.29, 0.717) is 0 Å². The van der Waals surface area contributed by atoms with Crippen LogP contribution in [0.15, 0.2) is 23.1 Å². The molecule has 0 spiro atoms. The van der Waals surface area contributed by atoms with Crippen molar-refractivity contribution in [2.75, 3.05) is 0 Å². The molecule has 9 heavy (non-hydrogen) atoms. The number of hydrogen-bond acceptors (Lipinski definition) is 2. The minimum absolute atomic E-state index is 0.164. The van der Waals surface area contributed by atoms with Crippen molar-refractivity contribution in [1.82, 2.24) is 10.2 Å². The molecule has 1 N–H and O–H groups in total. The molecular formula is C6H10N2O. The van der Waals surface area contributed by atoms with Gasteiger partial charge in [0, 0.05) is 12.3 Å². The van der Waals surface area contributed by atoms with E-state index >= 15 is 0 Å². The first-order chi connectivity index (χ1) is 4.39. The standard InChI is InChI=1S/C4H4N2O.C2H6/c7-4-2-1-3-5-6-4;1-2/h1-3H,(H,6,7);1-2H3. The Morgan fingerprint density at radius 2 is 2.22 bits per heavy atom. The molecular weight excluding hydrogens is 116 g/mol. The fourth-order valence-corrected chi connectivity index (χ4v) is 0.312. The van der Waals surface area contributed by atoms with Gasteiger partial charge in [-0.3, -0.25) is 4.79 Å². The number of nitrogens with zero attached hydrogens (tertiary/aromatic N) is 1. The monoisotopic (exact) mass is 126 g/mol. The number of nitrogens with one attached hydrogen (secondary N) is 1. The predicted molar refractivity (Wildman–Crippen MR) is 36.2 cm³/mol. The Morgan fingerprint density at radius 3 is 2.44 bits per heavy atom. The number of H-pyrrole nitrogens is 1. The van der Waals surface area contributed by atoms with Crippen molar-refractivity contribution in [3.63, 3.8) is 0 Å². The van der Waals surface area contributed by atoms with Crippen molar-refractivity contribution in [3.8, 4) is 0 Å². The molecule has 0 aromatic carbocycles.